The van der Waals surface area contributed by atoms with E-state index in [1.165, 1.54) is 19.6 Å². The molecule has 0 heterocycles. The van der Waals surface area contributed by atoms with Gasteiger partial charge in [0.15, 0.2) is 0 Å². The predicted molar refractivity (Wildman–Crippen MR) is 51.8 cm³/mol. The zero-order valence-electron chi connectivity index (χ0n) is 8.01. The Morgan fingerprint density at radius 1 is 1.25 bits per heavy atom. The molecule has 0 aromatic heterocycles. The third kappa shape index (κ3) is 12.4. The Morgan fingerprint density at radius 3 is 1.50 bits per heavy atom. The van der Waals surface area contributed by atoms with E-state index < -0.39 is 5.97 Å². The SMILES string of the molecule is CCN(CC)CC.O=C(O)CCl. The Bertz CT molecular complexity index is 99.7. The lowest BCUT2D eigenvalue weighted by Crippen LogP contribution is -2.21. The van der Waals surface area contributed by atoms with Crippen LogP contribution in [0.25, 0.3) is 0 Å². The first kappa shape index (κ1) is 14.3. The summed E-state index contributed by atoms with van der Waals surface area (Å²) in [7, 11) is 0. The van der Waals surface area contributed by atoms with E-state index in [9.17, 15) is 4.79 Å². The van der Waals surface area contributed by atoms with Gasteiger partial charge < -0.3 is 10.0 Å². The second-order valence-corrected chi connectivity index (χ2v) is 2.41. The number of halogens is 1. The van der Waals surface area contributed by atoms with Crippen molar-refractivity contribution in [2.75, 3.05) is 25.5 Å². The fourth-order valence-corrected chi connectivity index (χ4v) is 0.671. The first-order valence-corrected chi connectivity index (χ1v) is 4.65. The van der Waals surface area contributed by atoms with Gasteiger partial charge in [-0.15, -0.1) is 11.6 Å². The largest absolute Gasteiger partial charge is 0.480 e. The molecule has 0 saturated heterocycles. The highest BCUT2D eigenvalue weighted by atomic mass is 35.5. The second kappa shape index (κ2) is 10.7. The molecule has 0 bridgehead atoms. The molecule has 0 unspecified atom stereocenters. The molecule has 0 rings (SSSR count). The van der Waals surface area contributed by atoms with Crippen molar-refractivity contribution in [3.63, 3.8) is 0 Å². The summed E-state index contributed by atoms with van der Waals surface area (Å²) in [5.41, 5.74) is 0. The average molecular weight is 196 g/mol. The molecule has 0 aliphatic heterocycles. The van der Waals surface area contributed by atoms with E-state index in [1.807, 2.05) is 0 Å². The van der Waals surface area contributed by atoms with Crippen LogP contribution >= 0.6 is 11.6 Å². The molecule has 0 aromatic rings. The fraction of sp³-hybridized carbons (Fsp3) is 0.875. The van der Waals surface area contributed by atoms with Crippen molar-refractivity contribution >= 4 is 17.6 Å². The Kier molecular flexibility index (Phi) is 12.7. The van der Waals surface area contributed by atoms with Crippen LogP contribution < -0.4 is 0 Å². The highest BCUT2D eigenvalue weighted by molar-refractivity contribution is 6.26. The maximum atomic E-state index is 9.24. The van der Waals surface area contributed by atoms with Crippen LogP contribution in [0, 0.1) is 0 Å². The summed E-state index contributed by atoms with van der Waals surface area (Å²) in [6.07, 6.45) is 0. The summed E-state index contributed by atoms with van der Waals surface area (Å²) in [6.45, 7) is 10.1. The van der Waals surface area contributed by atoms with Crippen molar-refractivity contribution in [1.82, 2.24) is 4.90 Å². The molecule has 0 fully saturated rings. The van der Waals surface area contributed by atoms with Crippen LogP contribution in [0.1, 0.15) is 20.8 Å². The average Bonchev–Trinajstić information content (AvgIpc) is 2.09. The molecule has 12 heavy (non-hydrogen) atoms. The predicted octanol–water partition coefficient (Wildman–Crippen LogP) is 1.66. The Morgan fingerprint density at radius 2 is 1.50 bits per heavy atom. The van der Waals surface area contributed by atoms with Gasteiger partial charge in [0, 0.05) is 0 Å². The van der Waals surface area contributed by atoms with E-state index in [1.54, 1.807) is 0 Å². The minimum atomic E-state index is -0.980. The first-order valence-electron chi connectivity index (χ1n) is 4.12. The van der Waals surface area contributed by atoms with Gasteiger partial charge in [0.05, 0.1) is 0 Å². The van der Waals surface area contributed by atoms with Gasteiger partial charge in [-0.3, -0.25) is 4.79 Å². The molecule has 0 spiro atoms. The van der Waals surface area contributed by atoms with Crippen molar-refractivity contribution < 1.29 is 9.90 Å². The van der Waals surface area contributed by atoms with E-state index in [4.69, 9.17) is 16.7 Å². The number of hydrogen-bond acceptors (Lipinski definition) is 2. The second-order valence-electron chi connectivity index (χ2n) is 2.15. The Labute approximate surface area is 79.3 Å². The minimum absolute atomic E-state index is 0.306. The normalized spacial score (nSPS) is 9.08. The van der Waals surface area contributed by atoms with Crippen LogP contribution in [0.2, 0.25) is 0 Å². The molecule has 0 saturated carbocycles. The topological polar surface area (TPSA) is 40.5 Å². The molecular formula is C8H18ClNO2. The van der Waals surface area contributed by atoms with Gasteiger partial charge in [0.25, 0.3) is 0 Å². The fourth-order valence-electron chi connectivity index (χ4n) is 0.671. The lowest BCUT2D eigenvalue weighted by atomic mass is 10.5. The van der Waals surface area contributed by atoms with E-state index in [0.29, 0.717) is 0 Å². The minimum Gasteiger partial charge on any atom is -0.480 e. The lowest BCUT2D eigenvalue weighted by molar-refractivity contribution is -0.134. The highest BCUT2D eigenvalue weighted by Crippen LogP contribution is 1.81. The number of rotatable bonds is 4. The molecule has 74 valence electrons. The number of hydrogen-bond donors (Lipinski definition) is 1. The van der Waals surface area contributed by atoms with Crippen molar-refractivity contribution in [3.8, 4) is 0 Å². The van der Waals surface area contributed by atoms with Gasteiger partial charge in [-0.05, 0) is 19.6 Å². The Balaban J connectivity index is 0. The van der Waals surface area contributed by atoms with E-state index in [0.717, 1.165) is 0 Å². The number of carboxylic acids is 1. The summed E-state index contributed by atoms with van der Waals surface area (Å²) in [4.78, 5) is 11.6. The molecule has 4 heteroatoms. The third-order valence-corrected chi connectivity index (χ3v) is 1.68. The van der Waals surface area contributed by atoms with Crippen molar-refractivity contribution in [2.45, 2.75) is 20.8 Å². The van der Waals surface area contributed by atoms with Crippen molar-refractivity contribution in [3.05, 3.63) is 0 Å². The first-order chi connectivity index (χ1) is 5.62. The quantitative estimate of drug-likeness (QED) is 0.694. The number of aliphatic carboxylic acids is 1. The summed E-state index contributed by atoms with van der Waals surface area (Å²) in [5, 5.41) is 7.59. The molecular weight excluding hydrogens is 178 g/mol. The summed E-state index contributed by atoms with van der Waals surface area (Å²) < 4.78 is 0. The third-order valence-electron chi connectivity index (χ3n) is 1.46. The van der Waals surface area contributed by atoms with Crippen LogP contribution in [0.3, 0.4) is 0 Å². The standard InChI is InChI=1S/C6H15N.C2H3ClO2/c1-4-7(5-2)6-3;3-1-2(4)5/h4-6H2,1-3H3;1H2,(H,4,5). The maximum Gasteiger partial charge on any atom is 0.318 e. The monoisotopic (exact) mass is 195 g/mol. The summed E-state index contributed by atoms with van der Waals surface area (Å²) in [5.74, 6) is -1.29. The van der Waals surface area contributed by atoms with E-state index in [2.05, 4.69) is 25.7 Å². The van der Waals surface area contributed by atoms with Crippen LogP contribution in [0.15, 0.2) is 0 Å². The molecule has 0 amide bonds. The molecule has 0 aliphatic carbocycles. The van der Waals surface area contributed by atoms with Crippen LogP contribution in [0.4, 0.5) is 0 Å². The highest BCUT2D eigenvalue weighted by Gasteiger charge is 1.89. The van der Waals surface area contributed by atoms with Crippen LogP contribution in [-0.2, 0) is 4.79 Å². The van der Waals surface area contributed by atoms with Gasteiger partial charge in [0.1, 0.15) is 5.88 Å². The smallest absolute Gasteiger partial charge is 0.318 e. The van der Waals surface area contributed by atoms with Gasteiger partial charge in [-0.25, -0.2) is 0 Å². The molecule has 1 N–H and O–H groups in total. The summed E-state index contributed by atoms with van der Waals surface area (Å²) >= 11 is 4.74. The van der Waals surface area contributed by atoms with Crippen molar-refractivity contribution in [1.29, 1.82) is 0 Å². The number of nitrogens with zero attached hydrogens (tertiary/aromatic N) is 1. The van der Waals surface area contributed by atoms with Crippen LogP contribution in [0.5, 0.6) is 0 Å². The van der Waals surface area contributed by atoms with Gasteiger partial charge in [-0.1, -0.05) is 20.8 Å². The van der Waals surface area contributed by atoms with E-state index >= 15 is 0 Å². The lowest BCUT2D eigenvalue weighted by Gasteiger charge is -2.13. The number of alkyl halides is 1. The van der Waals surface area contributed by atoms with E-state index in [-0.39, 0.29) is 5.88 Å². The molecule has 0 aliphatic rings. The van der Waals surface area contributed by atoms with Crippen molar-refractivity contribution in [2.24, 2.45) is 0 Å². The number of carbonyl (C=O) groups is 1. The maximum absolute atomic E-state index is 9.24. The molecule has 3 nitrogen and oxygen atoms in total. The molecule has 0 radical (unpaired) electrons. The summed E-state index contributed by atoms with van der Waals surface area (Å²) in [6, 6.07) is 0. The zero-order valence-corrected chi connectivity index (χ0v) is 8.76. The van der Waals surface area contributed by atoms with Gasteiger partial charge in [0.2, 0.25) is 0 Å². The number of carboxylic acid groups (broad SMARTS) is 1. The van der Waals surface area contributed by atoms with Gasteiger partial charge >= 0.3 is 5.97 Å². The van der Waals surface area contributed by atoms with Gasteiger partial charge in [-0.2, -0.15) is 0 Å². The Hall–Kier alpha value is -0.280. The zero-order chi connectivity index (χ0) is 9.98. The van der Waals surface area contributed by atoms with Crippen LogP contribution in [-0.4, -0.2) is 41.5 Å². The molecule has 0 aromatic carbocycles. The molecule has 0 atom stereocenters.